The highest BCUT2D eigenvalue weighted by Gasteiger charge is 2.34. The first kappa shape index (κ1) is 20.9. The number of para-hydroxylation sites is 1. The molecule has 0 spiro atoms. The molecule has 0 bridgehead atoms. The summed E-state index contributed by atoms with van der Waals surface area (Å²) in [7, 11) is 0. The molecule has 150 valence electrons. The van der Waals surface area contributed by atoms with E-state index in [2.05, 4.69) is 4.90 Å². The summed E-state index contributed by atoms with van der Waals surface area (Å²) in [5.41, 5.74) is 0.646. The van der Waals surface area contributed by atoms with Crippen molar-refractivity contribution in [3.05, 3.63) is 58.1 Å². The predicted octanol–water partition coefficient (Wildman–Crippen LogP) is 5.41. The van der Waals surface area contributed by atoms with Gasteiger partial charge < -0.3 is 14.6 Å². The van der Waals surface area contributed by atoms with E-state index in [1.54, 1.807) is 18.2 Å². The van der Waals surface area contributed by atoms with E-state index >= 15 is 0 Å². The molecular weight excluding hydrogens is 401 g/mol. The van der Waals surface area contributed by atoms with E-state index < -0.39 is 5.97 Å². The fourth-order valence-corrected chi connectivity index (χ4v) is 3.82. The summed E-state index contributed by atoms with van der Waals surface area (Å²) in [5.74, 6) is 0.255. The van der Waals surface area contributed by atoms with Gasteiger partial charge in [-0.2, -0.15) is 0 Å². The van der Waals surface area contributed by atoms with Crippen LogP contribution in [-0.4, -0.2) is 41.2 Å². The number of morpholine rings is 1. The third kappa shape index (κ3) is 5.39. The summed E-state index contributed by atoms with van der Waals surface area (Å²) < 4.78 is 12.0. The first-order chi connectivity index (χ1) is 13.2. The average Bonchev–Trinajstić information content (AvgIpc) is 2.62. The van der Waals surface area contributed by atoms with Crippen LogP contribution in [0.5, 0.6) is 11.5 Å². The van der Waals surface area contributed by atoms with Gasteiger partial charge in [-0.25, -0.2) is 0 Å². The number of hydrogen-bond donors (Lipinski definition) is 1. The molecule has 2 aromatic rings. The normalized spacial score (nSPS) is 19.4. The Morgan fingerprint density at radius 1 is 1.21 bits per heavy atom. The number of aliphatic carboxylic acids is 1. The molecule has 7 heteroatoms. The van der Waals surface area contributed by atoms with Crippen LogP contribution in [0.15, 0.2) is 42.5 Å². The Morgan fingerprint density at radius 2 is 1.86 bits per heavy atom. The molecule has 1 saturated heterocycles. The fourth-order valence-electron chi connectivity index (χ4n) is 3.34. The lowest BCUT2D eigenvalue weighted by atomic mass is 10.0. The van der Waals surface area contributed by atoms with Crippen LogP contribution >= 0.6 is 23.2 Å². The molecule has 2 aromatic carbocycles. The van der Waals surface area contributed by atoms with E-state index in [9.17, 15) is 4.79 Å². The standard InChI is InChI=1S/C21H23Cl2NO4/c1-21(2)13-24(11-10-19(25)26)12-18(28-21)14-6-8-15(9-7-14)27-20-16(22)4-3-5-17(20)23/h3-9,18H,10-13H2,1-2H3,(H,25,26). The number of halogens is 2. The molecule has 0 radical (unpaired) electrons. The molecule has 1 aliphatic rings. The van der Waals surface area contributed by atoms with Crippen molar-refractivity contribution < 1.29 is 19.4 Å². The van der Waals surface area contributed by atoms with Crippen LogP contribution in [0, 0.1) is 0 Å². The number of nitrogens with zero attached hydrogens (tertiary/aromatic N) is 1. The predicted molar refractivity (Wildman–Crippen MR) is 110 cm³/mol. The molecule has 1 heterocycles. The molecule has 1 unspecified atom stereocenters. The maximum atomic E-state index is 10.9. The highest BCUT2D eigenvalue weighted by molar-refractivity contribution is 6.37. The van der Waals surface area contributed by atoms with Gasteiger partial charge in [-0.15, -0.1) is 0 Å². The Balaban J connectivity index is 1.72. The van der Waals surface area contributed by atoms with Gasteiger partial charge in [0.1, 0.15) is 5.75 Å². The SMILES string of the molecule is CC1(C)CN(CCC(=O)O)CC(c2ccc(Oc3c(Cl)cccc3Cl)cc2)O1. The van der Waals surface area contributed by atoms with Crippen LogP contribution in [0.4, 0.5) is 0 Å². The average molecular weight is 424 g/mol. The van der Waals surface area contributed by atoms with Crippen LogP contribution < -0.4 is 4.74 Å². The molecule has 0 aliphatic carbocycles. The minimum absolute atomic E-state index is 0.119. The van der Waals surface area contributed by atoms with Crippen molar-refractivity contribution in [2.24, 2.45) is 0 Å². The Morgan fingerprint density at radius 3 is 2.46 bits per heavy atom. The van der Waals surface area contributed by atoms with Gasteiger partial charge >= 0.3 is 5.97 Å². The molecule has 28 heavy (non-hydrogen) atoms. The molecule has 1 aliphatic heterocycles. The smallest absolute Gasteiger partial charge is 0.304 e. The van der Waals surface area contributed by atoms with Crippen molar-refractivity contribution in [3.63, 3.8) is 0 Å². The minimum Gasteiger partial charge on any atom is -0.481 e. The number of ether oxygens (including phenoxy) is 2. The maximum absolute atomic E-state index is 10.9. The lowest BCUT2D eigenvalue weighted by molar-refractivity contribution is -0.146. The van der Waals surface area contributed by atoms with Gasteiger partial charge in [0.05, 0.1) is 28.2 Å². The molecule has 1 N–H and O–H groups in total. The summed E-state index contributed by atoms with van der Waals surface area (Å²) in [6, 6.07) is 12.8. The zero-order chi connectivity index (χ0) is 20.3. The van der Waals surface area contributed by atoms with Gasteiger partial charge in [0.25, 0.3) is 0 Å². The quantitative estimate of drug-likeness (QED) is 0.672. The van der Waals surface area contributed by atoms with E-state index in [0.717, 1.165) is 5.56 Å². The number of benzene rings is 2. The zero-order valence-electron chi connectivity index (χ0n) is 15.8. The van der Waals surface area contributed by atoms with Gasteiger partial charge in [-0.05, 0) is 43.7 Å². The van der Waals surface area contributed by atoms with E-state index in [-0.39, 0.29) is 18.1 Å². The molecule has 0 aromatic heterocycles. The fraction of sp³-hybridized carbons (Fsp3) is 0.381. The molecule has 0 amide bonds. The lowest BCUT2D eigenvalue weighted by Crippen LogP contribution is -2.49. The van der Waals surface area contributed by atoms with Crippen LogP contribution in [0.1, 0.15) is 31.9 Å². The van der Waals surface area contributed by atoms with Crippen molar-refractivity contribution in [3.8, 4) is 11.5 Å². The van der Waals surface area contributed by atoms with Crippen LogP contribution in [0.25, 0.3) is 0 Å². The third-order valence-electron chi connectivity index (χ3n) is 4.52. The summed E-state index contributed by atoms with van der Waals surface area (Å²) in [5, 5.41) is 9.85. The van der Waals surface area contributed by atoms with Crippen molar-refractivity contribution in [1.29, 1.82) is 0 Å². The van der Waals surface area contributed by atoms with E-state index in [1.165, 1.54) is 0 Å². The maximum Gasteiger partial charge on any atom is 0.304 e. The topological polar surface area (TPSA) is 59.0 Å². The first-order valence-corrected chi connectivity index (χ1v) is 9.83. The second-order valence-corrected chi connectivity index (χ2v) is 8.28. The first-order valence-electron chi connectivity index (χ1n) is 9.07. The number of hydrogen-bond acceptors (Lipinski definition) is 4. The third-order valence-corrected chi connectivity index (χ3v) is 5.12. The van der Waals surface area contributed by atoms with Crippen LogP contribution in [0.2, 0.25) is 10.0 Å². The minimum atomic E-state index is -0.791. The summed E-state index contributed by atoms with van der Waals surface area (Å²) in [4.78, 5) is 13.0. The van der Waals surface area contributed by atoms with Crippen LogP contribution in [-0.2, 0) is 9.53 Å². The van der Waals surface area contributed by atoms with E-state index in [1.807, 2.05) is 38.1 Å². The summed E-state index contributed by atoms with van der Waals surface area (Å²) in [6.07, 6.45) is -0.0238. The number of carboxylic acid groups (broad SMARTS) is 1. The van der Waals surface area contributed by atoms with Crippen molar-refractivity contribution >= 4 is 29.2 Å². The van der Waals surface area contributed by atoms with Gasteiger partial charge in [0.2, 0.25) is 0 Å². The second kappa shape index (κ2) is 8.70. The van der Waals surface area contributed by atoms with Crippen molar-refractivity contribution in [1.82, 2.24) is 4.90 Å². The Hall–Kier alpha value is -1.79. The molecule has 1 fully saturated rings. The Kier molecular flexibility index (Phi) is 6.50. The van der Waals surface area contributed by atoms with E-state index in [4.69, 9.17) is 37.8 Å². The van der Waals surface area contributed by atoms with Crippen LogP contribution in [0.3, 0.4) is 0 Å². The van der Waals surface area contributed by atoms with Crippen molar-refractivity contribution in [2.75, 3.05) is 19.6 Å². The highest BCUT2D eigenvalue weighted by atomic mass is 35.5. The molecule has 5 nitrogen and oxygen atoms in total. The Bertz CT molecular complexity index is 819. The summed E-state index contributed by atoms with van der Waals surface area (Å²) in [6.45, 7) is 5.88. The number of carboxylic acids is 1. The summed E-state index contributed by atoms with van der Waals surface area (Å²) >= 11 is 12.3. The molecular formula is C21H23Cl2NO4. The van der Waals surface area contributed by atoms with E-state index in [0.29, 0.717) is 41.2 Å². The monoisotopic (exact) mass is 423 g/mol. The van der Waals surface area contributed by atoms with Crippen molar-refractivity contribution in [2.45, 2.75) is 32.0 Å². The number of rotatable bonds is 6. The highest BCUT2D eigenvalue weighted by Crippen LogP contribution is 2.37. The van der Waals surface area contributed by atoms with Gasteiger partial charge in [-0.3, -0.25) is 9.69 Å². The van der Waals surface area contributed by atoms with Gasteiger partial charge in [0, 0.05) is 19.6 Å². The van der Waals surface area contributed by atoms with Gasteiger partial charge in [0.15, 0.2) is 5.75 Å². The molecule has 1 atom stereocenters. The van der Waals surface area contributed by atoms with Gasteiger partial charge in [-0.1, -0.05) is 41.4 Å². The second-order valence-electron chi connectivity index (χ2n) is 7.47. The molecule has 0 saturated carbocycles. The largest absolute Gasteiger partial charge is 0.481 e. The molecule has 3 rings (SSSR count). The number of carbonyl (C=O) groups is 1. The lowest BCUT2D eigenvalue weighted by Gasteiger charge is -2.43. The Labute approximate surface area is 174 Å². The zero-order valence-corrected chi connectivity index (χ0v) is 17.3.